The Morgan fingerprint density at radius 3 is 2.42 bits per heavy atom. The Labute approximate surface area is 196 Å². The lowest BCUT2D eigenvalue weighted by Crippen LogP contribution is -3.11. The van der Waals surface area contributed by atoms with Gasteiger partial charge in [0, 0.05) is 31.1 Å². The first-order chi connectivity index (χ1) is 16.4. The van der Waals surface area contributed by atoms with Crippen LogP contribution >= 0.6 is 0 Å². The highest BCUT2D eigenvalue weighted by atomic mass is 16.5. The molecule has 33 heavy (non-hydrogen) atoms. The third kappa shape index (κ3) is 5.45. The van der Waals surface area contributed by atoms with Crippen LogP contribution in [0.25, 0.3) is 22.0 Å². The van der Waals surface area contributed by atoms with E-state index in [2.05, 4.69) is 70.7 Å². The third-order valence-electron chi connectivity index (χ3n) is 6.89. The Hall–Kier alpha value is -3.11. The highest BCUT2D eigenvalue weighted by Gasteiger charge is 2.18. The van der Waals surface area contributed by atoms with Crippen LogP contribution in [0, 0.1) is 0 Å². The molecule has 1 fully saturated rings. The largest absolute Gasteiger partial charge is 0.338 e. The van der Waals surface area contributed by atoms with Crippen molar-refractivity contribution in [3.05, 3.63) is 84.4 Å². The average Bonchev–Trinajstić information content (AvgIpc) is 3.22. The molecule has 0 unspecified atom stereocenters. The minimum atomic E-state index is 0.820. The summed E-state index contributed by atoms with van der Waals surface area (Å²) in [6, 6.07) is 27.6. The van der Waals surface area contributed by atoms with Crippen LogP contribution in [0.15, 0.2) is 83.4 Å². The van der Waals surface area contributed by atoms with E-state index in [9.17, 15) is 0 Å². The predicted octanol–water partition coefficient (Wildman–Crippen LogP) is 5.35. The average molecular weight is 441 g/mol. The Bertz CT molecular complexity index is 1140. The van der Waals surface area contributed by atoms with E-state index in [-0.39, 0.29) is 0 Å². The van der Waals surface area contributed by atoms with Crippen molar-refractivity contribution in [2.75, 3.05) is 31.1 Å². The first-order valence-electron chi connectivity index (χ1n) is 12.4. The second-order valence-electron chi connectivity index (χ2n) is 9.24. The van der Waals surface area contributed by atoms with Crippen LogP contribution in [-0.4, -0.2) is 31.3 Å². The van der Waals surface area contributed by atoms with Crippen LogP contribution in [0.2, 0.25) is 0 Å². The number of hydrogen-bond acceptors (Lipinski definition) is 3. The van der Waals surface area contributed by atoms with Gasteiger partial charge >= 0.3 is 0 Å². The van der Waals surface area contributed by atoms with Crippen LogP contribution in [0.3, 0.4) is 0 Å². The van der Waals surface area contributed by atoms with E-state index in [4.69, 9.17) is 4.52 Å². The molecular weight excluding hydrogens is 406 g/mol. The molecule has 1 aromatic heterocycles. The number of nitrogens with one attached hydrogen (secondary N) is 1. The molecule has 4 heteroatoms. The topological polar surface area (TPSA) is 33.7 Å². The molecule has 0 spiro atoms. The molecule has 4 nitrogen and oxygen atoms in total. The summed E-state index contributed by atoms with van der Waals surface area (Å²) in [6.07, 6.45) is 6.70. The second-order valence-corrected chi connectivity index (χ2v) is 9.24. The van der Waals surface area contributed by atoms with Crippen molar-refractivity contribution in [1.82, 2.24) is 5.16 Å². The molecule has 0 atom stereocenters. The maximum atomic E-state index is 5.90. The van der Waals surface area contributed by atoms with E-state index in [1.807, 2.05) is 18.2 Å². The Kier molecular flexibility index (Phi) is 7.02. The van der Waals surface area contributed by atoms with Crippen molar-refractivity contribution in [2.45, 2.75) is 38.6 Å². The summed E-state index contributed by atoms with van der Waals surface area (Å²) in [5.74, 6) is 0.854. The lowest BCUT2D eigenvalue weighted by molar-refractivity contribution is -0.899. The number of rotatable bonds is 8. The van der Waals surface area contributed by atoms with Gasteiger partial charge in [-0.15, -0.1) is 0 Å². The Morgan fingerprint density at radius 2 is 1.58 bits per heavy atom. The molecule has 0 aliphatic carbocycles. The SMILES string of the molecule is c1ccc(-c2cc(N(CCC[NH+]3CCCCCC3)Cc3cccc4ccccc34)on2)cc1. The molecule has 1 aliphatic rings. The number of benzene rings is 3. The first-order valence-corrected chi connectivity index (χ1v) is 12.4. The summed E-state index contributed by atoms with van der Waals surface area (Å²) in [5, 5.41) is 6.99. The first kappa shape index (κ1) is 21.7. The van der Waals surface area contributed by atoms with Crippen LogP contribution in [0.4, 0.5) is 5.88 Å². The minimum absolute atomic E-state index is 0.820. The summed E-state index contributed by atoms with van der Waals surface area (Å²) in [5.41, 5.74) is 3.31. The van der Waals surface area contributed by atoms with Crippen molar-refractivity contribution in [1.29, 1.82) is 0 Å². The number of likely N-dealkylation sites (tertiary alicyclic amines) is 1. The van der Waals surface area contributed by atoms with Gasteiger partial charge in [0.15, 0.2) is 0 Å². The third-order valence-corrected chi connectivity index (χ3v) is 6.89. The monoisotopic (exact) mass is 440 g/mol. The number of nitrogens with zero attached hydrogens (tertiary/aromatic N) is 2. The summed E-state index contributed by atoms with van der Waals surface area (Å²) in [4.78, 5) is 4.14. The van der Waals surface area contributed by atoms with Crippen LogP contribution in [0.5, 0.6) is 0 Å². The van der Waals surface area contributed by atoms with Crippen LogP contribution in [-0.2, 0) is 6.54 Å². The zero-order valence-corrected chi connectivity index (χ0v) is 19.4. The number of hydrogen-bond donors (Lipinski definition) is 1. The predicted molar refractivity (Wildman–Crippen MR) is 136 cm³/mol. The summed E-state index contributed by atoms with van der Waals surface area (Å²) < 4.78 is 5.90. The van der Waals surface area contributed by atoms with Gasteiger partial charge in [-0.05, 0) is 42.0 Å². The maximum absolute atomic E-state index is 5.90. The molecule has 2 heterocycles. The standard InChI is InChI=1S/C29H33N3O/c1-2-9-19-31(18-8-1)20-11-21-32(23-26-16-10-15-24-12-6-7-17-27(24)26)29-22-28(30-33-29)25-13-4-3-5-14-25/h3-7,10,12-17,22H,1-2,8-9,11,18-21,23H2/p+1. The van der Waals surface area contributed by atoms with Crippen molar-refractivity contribution < 1.29 is 9.42 Å². The number of fused-ring (bicyclic) bond motifs is 1. The zero-order chi connectivity index (χ0) is 22.3. The van der Waals surface area contributed by atoms with Crippen molar-refractivity contribution in [2.24, 2.45) is 0 Å². The minimum Gasteiger partial charge on any atom is -0.338 e. The van der Waals surface area contributed by atoms with Gasteiger partial charge in [0.2, 0.25) is 5.88 Å². The van der Waals surface area contributed by atoms with Gasteiger partial charge in [0.25, 0.3) is 0 Å². The lowest BCUT2D eigenvalue weighted by Gasteiger charge is -2.24. The van der Waals surface area contributed by atoms with Gasteiger partial charge in [-0.25, -0.2) is 0 Å². The summed E-state index contributed by atoms with van der Waals surface area (Å²) in [7, 11) is 0. The van der Waals surface area contributed by atoms with E-state index >= 15 is 0 Å². The van der Waals surface area contributed by atoms with Crippen LogP contribution < -0.4 is 9.80 Å². The molecule has 0 amide bonds. The van der Waals surface area contributed by atoms with E-state index in [0.29, 0.717) is 0 Å². The lowest BCUT2D eigenvalue weighted by atomic mass is 10.0. The Morgan fingerprint density at radius 1 is 0.818 bits per heavy atom. The molecule has 1 saturated heterocycles. The fraction of sp³-hybridized carbons (Fsp3) is 0.345. The number of quaternary nitrogens is 1. The van der Waals surface area contributed by atoms with Crippen molar-refractivity contribution >= 4 is 16.7 Å². The highest BCUT2D eigenvalue weighted by Crippen LogP contribution is 2.27. The maximum Gasteiger partial charge on any atom is 0.228 e. The molecule has 1 N–H and O–H groups in total. The van der Waals surface area contributed by atoms with Crippen LogP contribution in [0.1, 0.15) is 37.7 Å². The van der Waals surface area contributed by atoms with Crippen molar-refractivity contribution in [3.8, 4) is 11.3 Å². The second kappa shape index (κ2) is 10.7. The molecule has 0 saturated carbocycles. The van der Waals surface area contributed by atoms with Crippen molar-refractivity contribution in [3.63, 3.8) is 0 Å². The molecule has 0 bridgehead atoms. The fourth-order valence-corrected chi connectivity index (χ4v) is 5.06. The van der Waals surface area contributed by atoms with E-state index < -0.39 is 0 Å². The zero-order valence-electron chi connectivity index (χ0n) is 19.4. The molecule has 5 rings (SSSR count). The van der Waals surface area contributed by atoms with E-state index in [1.165, 1.54) is 61.7 Å². The van der Waals surface area contributed by atoms with Gasteiger partial charge in [-0.2, -0.15) is 0 Å². The summed E-state index contributed by atoms with van der Waals surface area (Å²) in [6.45, 7) is 5.66. The van der Waals surface area contributed by atoms with Gasteiger partial charge in [0.05, 0.1) is 19.6 Å². The van der Waals surface area contributed by atoms with E-state index in [0.717, 1.165) is 36.7 Å². The van der Waals surface area contributed by atoms with Gasteiger partial charge in [-0.3, -0.25) is 0 Å². The molecule has 170 valence electrons. The Balaban J connectivity index is 1.36. The van der Waals surface area contributed by atoms with Gasteiger partial charge in [-0.1, -0.05) is 78.0 Å². The highest BCUT2D eigenvalue weighted by molar-refractivity contribution is 5.85. The molecule has 1 aliphatic heterocycles. The molecule has 0 radical (unpaired) electrons. The number of aromatic nitrogens is 1. The quantitative estimate of drug-likeness (QED) is 0.401. The smallest absolute Gasteiger partial charge is 0.228 e. The molecule has 3 aromatic carbocycles. The van der Waals surface area contributed by atoms with E-state index in [1.54, 1.807) is 4.90 Å². The fourth-order valence-electron chi connectivity index (χ4n) is 5.06. The van der Waals surface area contributed by atoms with Gasteiger partial charge in [0.1, 0.15) is 5.69 Å². The normalized spacial score (nSPS) is 14.9. The van der Waals surface area contributed by atoms with Gasteiger partial charge < -0.3 is 14.3 Å². The molecular formula is C29H34N3O+. The number of anilines is 1. The molecule has 4 aromatic rings. The summed E-state index contributed by atoms with van der Waals surface area (Å²) >= 11 is 0.